The Labute approximate surface area is 93.1 Å². The van der Waals surface area contributed by atoms with Crippen LogP contribution in [0, 0.1) is 29.6 Å². The molecule has 0 aromatic carbocycles. The minimum atomic E-state index is 0.809. The Morgan fingerprint density at radius 2 is 1.53 bits per heavy atom. The molecule has 4 saturated carbocycles. The standard InChI is InChI=1S/C14H23N/c15-4-2-1-3-14-12-6-10-5-11(8-12)9-13(14)7-10/h1,3,10-14H,2,4-9,15H2/b3-1+. The van der Waals surface area contributed by atoms with E-state index in [-0.39, 0.29) is 0 Å². The van der Waals surface area contributed by atoms with Gasteiger partial charge in [0.1, 0.15) is 0 Å². The first-order valence-corrected chi connectivity index (χ1v) is 6.73. The van der Waals surface area contributed by atoms with Crippen molar-refractivity contribution in [3.05, 3.63) is 12.2 Å². The Hall–Kier alpha value is -0.300. The largest absolute Gasteiger partial charge is 0.330 e. The van der Waals surface area contributed by atoms with Crippen LogP contribution in [0.4, 0.5) is 0 Å². The van der Waals surface area contributed by atoms with Crippen molar-refractivity contribution < 1.29 is 0 Å². The predicted molar refractivity (Wildman–Crippen MR) is 63.3 cm³/mol. The van der Waals surface area contributed by atoms with E-state index < -0.39 is 0 Å². The summed E-state index contributed by atoms with van der Waals surface area (Å²) < 4.78 is 0. The van der Waals surface area contributed by atoms with Crippen LogP contribution in [0.3, 0.4) is 0 Å². The van der Waals surface area contributed by atoms with Crippen LogP contribution in [0.2, 0.25) is 0 Å². The van der Waals surface area contributed by atoms with Crippen molar-refractivity contribution in [3.63, 3.8) is 0 Å². The number of rotatable bonds is 3. The highest BCUT2D eigenvalue weighted by molar-refractivity contribution is 5.05. The van der Waals surface area contributed by atoms with E-state index in [1.54, 1.807) is 6.42 Å². The topological polar surface area (TPSA) is 26.0 Å². The van der Waals surface area contributed by atoms with Gasteiger partial charge in [0.15, 0.2) is 0 Å². The van der Waals surface area contributed by atoms with Crippen LogP contribution < -0.4 is 5.73 Å². The van der Waals surface area contributed by atoms with Crippen LogP contribution in [0.5, 0.6) is 0 Å². The summed E-state index contributed by atoms with van der Waals surface area (Å²) in [6, 6.07) is 0. The van der Waals surface area contributed by atoms with Gasteiger partial charge in [-0.15, -0.1) is 0 Å². The molecule has 0 aliphatic heterocycles. The lowest BCUT2D eigenvalue weighted by atomic mass is 9.52. The van der Waals surface area contributed by atoms with E-state index in [2.05, 4.69) is 12.2 Å². The smallest absolute Gasteiger partial charge is 0.00426 e. The molecule has 0 saturated heterocycles. The van der Waals surface area contributed by atoms with E-state index in [0.29, 0.717) is 0 Å². The maximum absolute atomic E-state index is 5.54. The summed E-state index contributed by atoms with van der Waals surface area (Å²) in [7, 11) is 0. The van der Waals surface area contributed by atoms with Crippen molar-refractivity contribution in [1.29, 1.82) is 0 Å². The zero-order valence-electron chi connectivity index (χ0n) is 9.57. The highest BCUT2D eigenvalue weighted by Gasteiger charge is 2.46. The highest BCUT2D eigenvalue weighted by atomic mass is 14.5. The maximum atomic E-state index is 5.54. The first-order chi connectivity index (χ1) is 7.36. The van der Waals surface area contributed by atoms with Gasteiger partial charge in [-0.05, 0) is 74.7 Å². The fraction of sp³-hybridized carbons (Fsp3) is 0.857. The number of hydrogen-bond acceptors (Lipinski definition) is 1. The van der Waals surface area contributed by atoms with Gasteiger partial charge in [-0.3, -0.25) is 0 Å². The Morgan fingerprint density at radius 3 is 2.07 bits per heavy atom. The molecule has 4 rings (SSSR count). The predicted octanol–water partition coefficient (Wildman–Crippen LogP) is 2.96. The lowest BCUT2D eigenvalue weighted by Gasteiger charge is -2.53. The fourth-order valence-electron chi connectivity index (χ4n) is 4.63. The van der Waals surface area contributed by atoms with Gasteiger partial charge in [0.2, 0.25) is 0 Å². The lowest BCUT2D eigenvalue weighted by molar-refractivity contribution is -0.0162. The van der Waals surface area contributed by atoms with E-state index in [0.717, 1.165) is 42.6 Å². The molecule has 0 radical (unpaired) electrons. The van der Waals surface area contributed by atoms with Gasteiger partial charge in [0.25, 0.3) is 0 Å². The van der Waals surface area contributed by atoms with Crippen LogP contribution in [0.1, 0.15) is 38.5 Å². The van der Waals surface area contributed by atoms with Gasteiger partial charge >= 0.3 is 0 Å². The monoisotopic (exact) mass is 205 g/mol. The van der Waals surface area contributed by atoms with Gasteiger partial charge in [-0.1, -0.05) is 12.2 Å². The molecule has 0 atom stereocenters. The van der Waals surface area contributed by atoms with Crippen molar-refractivity contribution >= 4 is 0 Å². The van der Waals surface area contributed by atoms with Gasteiger partial charge in [0.05, 0.1) is 0 Å². The third-order valence-electron chi connectivity index (χ3n) is 4.99. The second-order valence-corrected chi connectivity index (χ2v) is 6.01. The molecule has 84 valence electrons. The third kappa shape index (κ3) is 1.75. The minimum absolute atomic E-state index is 0.809. The van der Waals surface area contributed by atoms with Crippen LogP contribution in [0.25, 0.3) is 0 Å². The summed E-state index contributed by atoms with van der Waals surface area (Å²) in [6.45, 7) is 0.809. The molecular weight excluding hydrogens is 182 g/mol. The molecule has 0 amide bonds. The first-order valence-electron chi connectivity index (χ1n) is 6.73. The molecule has 0 aromatic rings. The van der Waals surface area contributed by atoms with E-state index in [9.17, 15) is 0 Å². The molecule has 0 unspecified atom stereocenters. The molecule has 0 spiro atoms. The average molecular weight is 205 g/mol. The van der Waals surface area contributed by atoms with E-state index >= 15 is 0 Å². The van der Waals surface area contributed by atoms with Gasteiger partial charge in [-0.2, -0.15) is 0 Å². The summed E-state index contributed by atoms with van der Waals surface area (Å²) in [5.41, 5.74) is 5.54. The van der Waals surface area contributed by atoms with Crippen molar-refractivity contribution in [2.75, 3.05) is 6.54 Å². The van der Waals surface area contributed by atoms with Crippen LogP contribution in [-0.2, 0) is 0 Å². The van der Waals surface area contributed by atoms with Gasteiger partial charge in [0, 0.05) is 0 Å². The zero-order valence-corrected chi connectivity index (χ0v) is 9.57. The molecule has 2 N–H and O–H groups in total. The van der Waals surface area contributed by atoms with E-state index in [1.807, 2.05) is 0 Å². The molecule has 4 fully saturated rings. The zero-order chi connectivity index (χ0) is 10.3. The van der Waals surface area contributed by atoms with Gasteiger partial charge in [-0.25, -0.2) is 0 Å². The average Bonchev–Trinajstić information content (AvgIpc) is 2.21. The first kappa shape index (κ1) is 9.89. The van der Waals surface area contributed by atoms with Crippen LogP contribution >= 0.6 is 0 Å². The highest BCUT2D eigenvalue weighted by Crippen LogP contribution is 2.56. The summed E-state index contributed by atoms with van der Waals surface area (Å²) in [5, 5.41) is 0. The number of hydrogen-bond donors (Lipinski definition) is 1. The summed E-state index contributed by atoms with van der Waals surface area (Å²) in [6.07, 6.45) is 13.6. The molecular formula is C14H23N. The van der Waals surface area contributed by atoms with Crippen molar-refractivity contribution in [2.45, 2.75) is 38.5 Å². The lowest BCUT2D eigenvalue weighted by Crippen LogP contribution is -2.44. The Kier molecular flexibility index (Phi) is 2.59. The normalized spacial score (nSPS) is 47.9. The second kappa shape index (κ2) is 3.93. The molecule has 0 heterocycles. The van der Waals surface area contributed by atoms with Crippen LogP contribution in [0.15, 0.2) is 12.2 Å². The summed E-state index contributed by atoms with van der Waals surface area (Å²) in [4.78, 5) is 0. The van der Waals surface area contributed by atoms with Crippen LogP contribution in [-0.4, -0.2) is 6.54 Å². The Bertz CT molecular complexity index is 228. The molecule has 0 aromatic heterocycles. The number of nitrogens with two attached hydrogens (primary N) is 1. The fourth-order valence-corrected chi connectivity index (χ4v) is 4.63. The maximum Gasteiger partial charge on any atom is -0.00426 e. The quantitative estimate of drug-likeness (QED) is 0.704. The minimum Gasteiger partial charge on any atom is -0.330 e. The molecule has 1 nitrogen and oxygen atoms in total. The SMILES string of the molecule is NCC/C=C/C1C2CC3CC(C2)CC1C3. The second-order valence-electron chi connectivity index (χ2n) is 6.01. The van der Waals surface area contributed by atoms with Crippen molar-refractivity contribution in [3.8, 4) is 0 Å². The molecule has 15 heavy (non-hydrogen) atoms. The number of allylic oxidation sites excluding steroid dienone is 1. The van der Waals surface area contributed by atoms with E-state index in [1.165, 1.54) is 25.7 Å². The van der Waals surface area contributed by atoms with Crippen molar-refractivity contribution in [1.82, 2.24) is 0 Å². The van der Waals surface area contributed by atoms with E-state index in [4.69, 9.17) is 5.73 Å². The third-order valence-corrected chi connectivity index (χ3v) is 4.99. The Morgan fingerprint density at radius 1 is 0.933 bits per heavy atom. The summed E-state index contributed by atoms with van der Waals surface area (Å²) in [5.74, 6) is 5.20. The molecule has 4 aliphatic carbocycles. The molecule has 1 heteroatoms. The van der Waals surface area contributed by atoms with Gasteiger partial charge < -0.3 is 5.73 Å². The molecule has 4 bridgehead atoms. The van der Waals surface area contributed by atoms with Crippen molar-refractivity contribution in [2.24, 2.45) is 35.3 Å². The Balaban J connectivity index is 1.69. The summed E-state index contributed by atoms with van der Waals surface area (Å²) >= 11 is 0. The molecule has 4 aliphatic rings.